The van der Waals surface area contributed by atoms with Gasteiger partial charge in [0.15, 0.2) is 19.0 Å². The molecule has 0 aliphatic carbocycles. The van der Waals surface area contributed by atoms with Crippen LogP contribution in [0.3, 0.4) is 0 Å². The largest absolute Gasteiger partial charge is 0.293 e. The van der Waals surface area contributed by atoms with E-state index < -0.39 is 19.1 Å². The Balaban J connectivity index is 3.49. The fourth-order valence-electron chi connectivity index (χ4n) is 2.42. The van der Waals surface area contributed by atoms with E-state index in [9.17, 15) is 9.59 Å². The minimum Gasteiger partial charge on any atom is -0.293 e. The molecular weight excluding hydrogens is 325 g/mol. The molecular formula is C16H26N5O2P. The first-order valence-electron chi connectivity index (χ1n) is 7.48. The van der Waals surface area contributed by atoms with Crippen LogP contribution in [0.1, 0.15) is 17.3 Å². The lowest BCUT2D eigenvalue weighted by Gasteiger charge is -2.39. The lowest BCUT2D eigenvalue weighted by molar-refractivity contribution is -0.111. The Morgan fingerprint density at radius 2 is 1.33 bits per heavy atom. The molecule has 1 aromatic rings. The van der Waals surface area contributed by atoms with Gasteiger partial charge in [-0.1, -0.05) is 30.3 Å². The van der Waals surface area contributed by atoms with Gasteiger partial charge in [0.25, 0.3) is 0 Å². The first-order valence-corrected chi connectivity index (χ1v) is 9.08. The minimum absolute atomic E-state index is 0.156. The minimum atomic E-state index is -2.30. The lowest BCUT2D eigenvalue weighted by Crippen LogP contribution is -2.30. The molecule has 0 aliphatic heterocycles. The molecule has 8 heteroatoms. The zero-order chi connectivity index (χ0) is 18.5. The van der Waals surface area contributed by atoms with Crippen molar-refractivity contribution in [3.05, 3.63) is 35.9 Å². The molecule has 0 amide bonds. The highest BCUT2D eigenvalue weighted by Crippen LogP contribution is 2.54. The van der Waals surface area contributed by atoms with Crippen LogP contribution in [0.2, 0.25) is 0 Å². The molecule has 24 heavy (non-hydrogen) atoms. The van der Waals surface area contributed by atoms with E-state index in [2.05, 4.69) is 9.96 Å². The zero-order valence-electron chi connectivity index (χ0n) is 15.4. The summed E-state index contributed by atoms with van der Waals surface area (Å²) >= 11 is 0. The van der Waals surface area contributed by atoms with Crippen LogP contribution in [-0.4, -0.2) is 73.6 Å². The van der Waals surface area contributed by atoms with Gasteiger partial charge in [-0.15, -0.1) is 9.96 Å². The lowest BCUT2D eigenvalue weighted by atomic mass is 10.1. The zero-order valence-corrected chi connectivity index (χ0v) is 16.3. The van der Waals surface area contributed by atoms with Gasteiger partial charge in [-0.2, -0.15) is 0 Å². The maximum Gasteiger partial charge on any atom is 0.216 e. The molecule has 0 saturated carbocycles. The highest BCUT2D eigenvalue weighted by atomic mass is 31.2. The van der Waals surface area contributed by atoms with E-state index in [1.165, 1.54) is 6.92 Å². The molecule has 0 N–H and O–H groups in total. The summed E-state index contributed by atoms with van der Waals surface area (Å²) in [4.78, 5) is 29.0. The number of hydrogen-bond donors (Lipinski definition) is 0. The van der Waals surface area contributed by atoms with E-state index in [1.54, 1.807) is 24.3 Å². The molecule has 7 nitrogen and oxygen atoms in total. The number of carbonyl (C=O) groups excluding carboxylic acids is 2. The summed E-state index contributed by atoms with van der Waals surface area (Å²) in [5.74, 6) is -0.816. The second kappa shape index (κ2) is 8.44. The van der Waals surface area contributed by atoms with E-state index in [1.807, 2.05) is 62.4 Å². The Bertz CT molecular complexity index is 652. The highest BCUT2D eigenvalue weighted by molar-refractivity contribution is 7.58. The second-order valence-electron chi connectivity index (χ2n) is 5.87. The van der Waals surface area contributed by atoms with Gasteiger partial charge in [0.05, 0.1) is 0 Å². The third-order valence-corrected chi connectivity index (χ3v) is 7.01. The topological polar surface area (TPSA) is 68.6 Å². The van der Waals surface area contributed by atoms with Crippen LogP contribution in [0.15, 0.2) is 40.3 Å². The molecule has 132 valence electrons. The Morgan fingerprint density at radius 3 is 1.71 bits per heavy atom. The Morgan fingerprint density at radius 1 is 0.875 bits per heavy atom. The van der Waals surface area contributed by atoms with Crippen molar-refractivity contribution in [1.82, 2.24) is 14.0 Å². The van der Waals surface area contributed by atoms with Crippen LogP contribution in [-0.2, 0) is 4.79 Å². The quantitative estimate of drug-likeness (QED) is 0.248. The molecule has 1 rings (SSSR count). The molecule has 0 aliphatic rings. The van der Waals surface area contributed by atoms with Crippen molar-refractivity contribution in [2.75, 3.05) is 42.3 Å². The van der Waals surface area contributed by atoms with Crippen molar-refractivity contribution in [1.29, 1.82) is 0 Å². The SMILES string of the molecule is CC(=O)/C(=N/N=P(N(C)C)(N(C)C)N(C)C)C(=O)c1ccccc1. The van der Waals surface area contributed by atoms with E-state index in [4.69, 9.17) is 0 Å². The van der Waals surface area contributed by atoms with Gasteiger partial charge < -0.3 is 0 Å². The van der Waals surface area contributed by atoms with Crippen molar-refractivity contribution >= 4 is 24.8 Å². The predicted octanol–water partition coefficient (Wildman–Crippen LogP) is 2.45. The van der Waals surface area contributed by atoms with E-state index >= 15 is 0 Å². The second-order valence-corrected chi connectivity index (χ2v) is 9.52. The van der Waals surface area contributed by atoms with Crippen LogP contribution in [0.4, 0.5) is 0 Å². The molecule has 0 aromatic heterocycles. The van der Waals surface area contributed by atoms with Crippen LogP contribution >= 0.6 is 7.51 Å². The molecule has 0 spiro atoms. The Hall–Kier alpha value is -1.66. The molecule has 0 atom stereocenters. The molecule has 0 unspecified atom stereocenters. The summed E-state index contributed by atoms with van der Waals surface area (Å²) in [5, 5.41) is 4.10. The normalized spacial score (nSPS) is 12.8. The first kappa shape index (κ1) is 20.4. The van der Waals surface area contributed by atoms with Crippen LogP contribution in [0, 0.1) is 0 Å². The van der Waals surface area contributed by atoms with Crippen LogP contribution in [0.25, 0.3) is 0 Å². The molecule has 0 radical (unpaired) electrons. The number of rotatable bonds is 7. The van der Waals surface area contributed by atoms with E-state index in [0.29, 0.717) is 5.56 Å². The maximum absolute atomic E-state index is 12.6. The summed E-state index contributed by atoms with van der Waals surface area (Å²) in [5.41, 5.74) is 0.265. The molecule has 0 saturated heterocycles. The number of Topliss-reactive ketones (excluding diaryl/α,β-unsaturated/α-hetero) is 2. The van der Waals surface area contributed by atoms with Crippen LogP contribution < -0.4 is 0 Å². The van der Waals surface area contributed by atoms with Crippen molar-refractivity contribution < 1.29 is 9.59 Å². The van der Waals surface area contributed by atoms with E-state index in [0.717, 1.165) is 0 Å². The fourth-order valence-corrected chi connectivity index (χ4v) is 5.26. The van der Waals surface area contributed by atoms with Gasteiger partial charge in [0.2, 0.25) is 5.78 Å². The van der Waals surface area contributed by atoms with Crippen molar-refractivity contribution in [2.24, 2.45) is 9.96 Å². The Labute approximate surface area is 144 Å². The summed E-state index contributed by atoms with van der Waals surface area (Å²) < 4.78 is 5.88. The number of benzene rings is 1. The standard InChI is InChI=1S/C16H26N5O2P/c1-13(22)15(16(23)14-11-9-8-10-12-14)17-18-24(19(2)3,20(4)5)21(6)7/h8-12H,1-7H3/b17-15-. The van der Waals surface area contributed by atoms with Gasteiger partial charge in [0.1, 0.15) is 0 Å². The Kier molecular flexibility index (Phi) is 7.17. The third kappa shape index (κ3) is 4.24. The summed E-state index contributed by atoms with van der Waals surface area (Å²) in [6, 6.07) is 8.63. The van der Waals surface area contributed by atoms with Crippen molar-refractivity contribution in [3.8, 4) is 0 Å². The number of ketones is 2. The number of carbonyl (C=O) groups is 2. The maximum atomic E-state index is 12.6. The van der Waals surface area contributed by atoms with Crippen molar-refractivity contribution in [2.45, 2.75) is 6.92 Å². The van der Waals surface area contributed by atoms with E-state index in [-0.39, 0.29) is 5.71 Å². The monoisotopic (exact) mass is 351 g/mol. The van der Waals surface area contributed by atoms with Crippen molar-refractivity contribution in [3.63, 3.8) is 0 Å². The predicted molar refractivity (Wildman–Crippen MR) is 99.3 cm³/mol. The smallest absolute Gasteiger partial charge is 0.216 e. The average Bonchev–Trinajstić information content (AvgIpc) is 2.50. The average molecular weight is 351 g/mol. The summed E-state index contributed by atoms with van der Waals surface area (Å²) in [7, 11) is 9.11. The van der Waals surface area contributed by atoms with Gasteiger partial charge in [-0.25, -0.2) is 0 Å². The number of nitrogens with zero attached hydrogens (tertiary/aromatic N) is 5. The summed E-state index contributed by atoms with van der Waals surface area (Å²) in [6.07, 6.45) is 0. The third-order valence-electron chi connectivity index (χ3n) is 3.46. The first-order chi connectivity index (χ1) is 11.1. The van der Waals surface area contributed by atoms with Gasteiger partial charge in [-0.05, 0) is 42.3 Å². The van der Waals surface area contributed by atoms with Gasteiger partial charge in [-0.3, -0.25) is 23.6 Å². The molecule has 1 aromatic carbocycles. The number of hydrogen-bond acceptors (Lipinski definition) is 3. The highest BCUT2D eigenvalue weighted by Gasteiger charge is 2.29. The molecule has 0 fully saturated rings. The summed E-state index contributed by atoms with van der Waals surface area (Å²) in [6.45, 7) is 1.33. The molecule has 0 bridgehead atoms. The van der Waals surface area contributed by atoms with Gasteiger partial charge >= 0.3 is 0 Å². The van der Waals surface area contributed by atoms with Gasteiger partial charge in [0, 0.05) is 12.5 Å². The fraction of sp³-hybridized carbons (Fsp3) is 0.438. The van der Waals surface area contributed by atoms with Crippen LogP contribution in [0.5, 0.6) is 0 Å². The molecule has 0 heterocycles.